The number of benzene rings is 1. The molecule has 16 nitrogen and oxygen atoms in total. The zero-order chi connectivity index (χ0) is 44.7. The number of phenolic OH excluding ortho intramolecular Hbond substituents is 1. The molecule has 1 aromatic rings. The van der Waals surface area contributed by atoms with Gasteiger partial charge in [0.25, 0.3) is 11.8 Å². The fourth-order valence-corrected chi connectivity index (χ4v) is 6.91. The van der Waals surface area contributed by atoms with Crippen LogP contribution < -0.4 is 16.1 Å². The number of nitrogens with zero attached hydrogens (tertiary/aromatic N) is 2. The number of amides is 4. The number of nitrogens with one attached hydrogen (secondary N) is 3. The number of ether oxygens (including phenoxy) is 1. The van der Waals surface area contributed by atoms with Crippen LogP contribution in [0.25, 0.3) is 0 Å². The molecule has 1 saturated heterocycles. The van der Waals surface area contributed by atoms with Crippen molar-refractivity contribution in [3.8, 4) is 5.75 Å². The molecule has 8 atom stereocenters. The number of aliphatic hydroxyl groups is 2. The molecule has 60 heavy (non-hydrogen) atoms. The van der Waals surface area contributed by atoms with Gasteiger partial charge in [-0.2, -0.15) is 0 Å². The minimum atomic E-state index is -1.43. The number of rotatable bonds is 10. The van der Waals surface area contributed by atoms with Crippen LogP contribution in [-0.2, 0) is 44.8 Å². The number of carbonyl (C=O) groups is 6. The van der Waals surface area contributed by atoms with Crippen LogP contribution in [0.3, 0.4) is 0 Å². The summed E-state index contributed by atoms with van der Waals surface area (Å²) in [6.07, 6.45) is 8.11. The summed E-state index contributed by atoms with van der Waals surface area (Å²) in [5.41, 5.74) is 4.85. The molecule has 0 saturated carbocycles. The van der Waals surface area contributed by atoms with Crippen LogP contribution in [0.4, 0.5) is 0 Å². The van der Waals surface area contributed by atoms with Crippen molar-refractivity contribution in [3.05, 3.63) is 77.4 Å². The van der Waals surface area contributed by atoms with Gasteiger partial charge in [-0.05, 0) is 74.8 Å². The van der Waals surface area contributed by atoms with Crippen molar-refractivity contribution in [2.24, 2.45) is 17.8 Å². The molecular weight excluding hydrogens is 775 g/mol. The lowest BCUT2D eigenvalue weighted by Gasteiger charge is -2.36. The number of hydrazine groups is 1. The fourth-order valence-electron chi connectivity index (χ4n) is 6.91. The van der Waals surface area contributed by atoms with E-state index in [1.807, 2.05) is 0 Å². The van der Waals surface area contributed by atoms with Crippen LogP contribution in [0, 0.1) is 24.7 Å². The number of ketones is 1. The molecule has 2 aliphatic rings. The minimum Gasteiger partial charge on any atom is -0.508 e. The average molecular weight is 838 g/mol. The quantitative estimate of drug-likeness (QED) is 0.0867. The molecule has 1 aromatic carbocycles. The largest absolute Gasteiger partial charge is 0.508 e. The maximum absolute atomic E-state index is 14.4. The summed E-state index contributed by atoms with van der Waals surface area (Å²) in [7, 11) is 2.82. The van der Waals surface area contributed by atoms with Gasteiger partial charge in [0.15, 0.2) is 0 Å². The number of aryl methyl sites for hydroxylation is 1. The van der Waals surface area contributed by atoms with Crippen LogP contribution in [-0.4, -0.2) is 118 Å². The number of fused-ring (bicyclic) bond motifs is 2. The molecule has 1 unspecified atom stereocenters. The molecule has 6 N–H and O–H groups in total. The lowest BCUT2D eigenvalue weighted by atomic mass is 9.84. The third-order valence-electron chi connectivity index (χ3n) is 10.6. The number of likely N-dealkylation sites (N-methyl/N-ethyl adjacent to an activating group) is 1. The van der Waals surface area contributed by atoms with Gasteiger partial charge in [-0.3, -0.25) is 33.8 Å². The molecule has 0 radical (unpaired) electrons. The number of esters is 1. The van der Waals surface area contributed by atoms with Crippen molar-refractivity contribution in [1.29, 1.82) is 0 Å². The summed E-state index contributed by atoms with van der Waals surface area (Å²) < 4.78 is 6.01. The van der Waals surface area contributed by atoms with Crippen LogP contribution in [0.2, 0.25) is 0 Å². The van der Waals surface area contributed by atoms with E-state index in [0.29, 0.717) is 24.0 Å². The first-order chi connectivity index (χ1) is 28.3. The van der Waals surface area contributed by atoms with Crippen molar-refractivity contribution >= 4 is 35.4 Å². The SMILES string of the molecule is CON(C)C(=O)/C=C/C=C(\C)[C@@H]1C/C=C/C=C/[C@H](O)[C@H](C)[C@@H](O)[C@@H](CCC(C)=O)C(=O)N[C@@H](C(C)C)C(=O)N[C@@H](Cc2cc(C)cc(O)c2)C(=O)N2CCCC(N2)C(=O)O1. The maximum Gasteiger partial charge on any atom is 0.325 e. The van der Waals surface area contributed by atoms with Crippen LogP contribution in [0.5, 0.6) is 5.75 Å². The van der Waals surface area contributed by atoms with E-state index in [4.69, 9.17) is 9.57 Å². The number of hydrogen-bond acceptors (Lipinski definition) is 12. The summed E-state index contributed by atoms with van der Waals surface area (Å²) in [5.74, 6) is -5.83. The second-order valence-corrected chi connectivity index (χ2v) is 15.9. The van der Waals surface area contributed by atoms with Gasteiger partial charge in [0.05, 0.1) is 25.2 Å². The molecule has 2 bridgehead atoms. The number of hydrogen-bond donors (Lipinski definition) is 6. The van der Waals surface area contributed by atoms with Crippen molar-refractivity contribution in [1.82, 2.24) is 26.1 Å². The lowest BCUT2D eigenvalue weighted by Crippen LogP contribution is -2.62. The summed E-state index contributed by atoms with van der Waals surface area (Å²) in [6, 6.07) is 1.45. The first-order valence-corrected chi connectivity index (χ1v) is 20.4. The molecule has 16 heteroatoms. The summed E-state index contributed by atoms with van der Waals surface area (Å²) in [5, 5.41) is 40.8. The standard InChI is InChI=1S/C44H63N5O11/c1-26(2)39-42(56)45-35(25-31-22-27(3)23-32(51)24-31)43(57)49-21-13-15-34(47-49)44(58)60-37(28(4)14-12-18-38(53)48(7)59-8)17-11-9-10-16-36(52)30(6)40(54)33(41(55)46-39)20-19-29(5)50/h9-12,14,16,18,22-24,26,30,33-37,39-40,47,51-52,54H,13,15,17,19-21,25H2,1-8H3,(H,45,56)(H,46,55)/b11-9+,16-10+,18-12+,28-14+/t30-,33+,34?,35-,36-,37-,39-,40+/m0/s1. The summed E-state index contributed by atoms with van der Waals surface area (Å²) in [4.78, 5) is 85.4. The number of allylic oxidation sites excluding steroid dienone is 4. The second kappa shape index (κ2) is 23.6. The van der Waals surface area contributed by atoms with Crippen LogP contribution in [0.15, 0.2) is 66.3 Å². The molecule has 0 aliphatic carbocycles. The number of Topliss-reactive ketones (excluding diaryl/α,β-unsaturated/α-hetero) is 1. The zero-order valence-electron chi connectivity index (χ0n) is 35.9. The highest BCUT2D eigenvalue weighted by Crippen LogP contribution is 2.24. The normalized spacial score (nSPS) is 27.9. The van der Waals surface area contributed by atoms with E-state index in [1.165, 1.54) is 50.4 Å². The molecule has 330 valence electrons. The Morgan fingerprint density at radius 3 is 2.43 bits per heavy atom. The zero-order valence-corrected chi connectivity index (χ0v) is 35.9. The summed E-state index contributed by atoms with van der Waals surface area (Å²) in [6.45, 7) is 10.0. The smallest absolute Gasteiger partial charge is 0.325 e. The van der Waals surface area contributed by atoms with Gasteiger partial charge in [-0.1, -0.05) is 63.3 Å². The molecule has 0 spiro atoms. The van der Waals surface area contributed by atoms with Gasteiger partial charge < -0.3 is 35.5 Å². The third kappa shape index (κ3) is 14.8. The molecule has 4 amide bonds. The number of aromatic hydroxyl groups is 1. The van der Waals surface area contributed by atoms with Gasteiger partial charge in [0, 0.05) is 44.8 Å². The van der Waals surface area contributed by atoms with Gasteiger partial charge in [0.2, 0.25) is 11.8 Å². The Morgan fingerprint density at radius 2 is 1.78 bits per heavy atom. The van der Waals surface area contributed by atoms with E-state index >= 15 is 0 Å². The molecule has 1 fully saturated rings. The first-order valence-electron chi connectivity index (χ1n) is 20.4. The number of cyclic esters (lactones) is 1. The highest BCUT2D eigenvalue weighted by atomic mass is 16.7. The predicted octanol–water partition coefficient (Wildman–Crippen LogP) is 2.66. The lowest BCUT2D eigenvalue weighted by molar-refractivity contribution is -0.162. The van der Waals surface area contributed by atoms with Crippen molar-refractivity contribution in [3.63, 3.8) is 0 Å². The van der Waals surface area contributed by atoms with Crippen LogP contribution in [0.1, 0.15) is 77.8 Å². The summed E-state index contributed by atoms with van der Waals surface area (Å²) >= 11 is 0. The number of hydroxylamine groups is 2. The van der Waals surface area contributed by atoms with E-state index in [9.17, 15) is 44.1 Å². The molecular formula is C44H63N5O11. The Balaban J connectivity index is 2.09. The van der Waals surface area contributed by atoms with Crippen molar-refractivity contribution < 1.29 is 53.7 Å². The van der Waals surface area contributed by atoms with Gasteiger partial charge >= 0.3 is 5.97 Å². The molecule has 0 aromatic heterocycles. The fraction of sp³-hybridized carbons (Fsp3) is 0.545. The first kappa shape index (κ1) is 49.2. The van der Waals surface area contributed by atoms with Gasteiger partial charge in [-0.15, -0.1) is 0 Å². The Kier molecular flexibility index (Phi) is 19.3. The predicted molar refractivity (Wildman–Crippen MR) is 223 cm³/mol. The monoisotopic (exact) mass is 837 g/mol. The number of aliphatic hydroxyl groups excluding tert-OH is 2. The van der Waals surface area contributed by atoms with Crippen molar-refractivity contribution in [2.75, 3.05) is 20.7 Å². The molecule has 2 aliphatic heterocycles. The van der Waals surface area contributed by atoms with Gasteiger partial charge in [-0.25, -0.2) is 10.5 Å². The molecule has 3 rings (SSSR count). The Hall–Kier alpha value is -5.16. The van der Waals surface area contributed by atoms with E-state index in [-0.39, 0.29) is 43.8 Å². The Bertz CT molecular complexity index is 1790. The van der Waals surface area contributed by atoms with Crippen LogP contribution >= 0.6 is 0 Å². The van der Waals surface area contributed by atoms with E-state index in [2.05, 4.69) is 16.1 Å². The maximum atomic E-state index is 14.4. The second-order valence-electron chi connectivity index (χ2n) is 15.9. The average Bonchev–Trinajstić information content (AvgIpc) is 3.19. The number of phenols is 1. The van der Waals surface area contributed by atoms with E-state index in [1.54, 1.807) is 71.1 Å². The highest BCUT2D eigenvalue weighted by molar-refractivity contribution is 5.93. The molecule has 2 heterocycles. The van der Waals surface area contributed by atoms with E-state index < -0.39 is 83.8 Å². The highest BCUT2D eigenvalue weighted by Gasteiger charge is 2.38. The number of carbonyl (C=O) groups excluding carboxylic acids is 6. The minimum absolute atomic E-state index is 0.0310. The third-order valence-corrected chi connectivity index (χ3v) is 10.6. The Morgan fingerprint density at radius 1 is 1.07 bits per heavy atom. The van der Waals surface area contributed by atoms with Gasteiger partial charge in [0.1, 0.15) is 35.8 Å². The topological polar surface area (TPSA) is 224 Å². The van der Waals surface area contributed by atoms with E-state index in [0.717, 1.165) is 10.6 Å². The Labute approximate surface area is 352 Å². The van der Waals surface area contributed by atoms with Crippen molar-refractivity contribution in [2.45, 2.75) is 117 Å².